The Morgan fingerprint density at radius 3 is 2.85 bits per heavy atom. The quantitative estimate of drug-likeness (QED) is 0.881. The number of ether oxygens (including phenoxy) is 1. The fraction of sp³-hybridized carbons (Fsp3) is 0.286. The standard InChI is InChI=1S/C14H16N4O2/c1-17-12-5-9(3-4-13(12)20-8-14(17)19)11-6-10(7-15)16-18(11)2/h3-6H,7-8,15H2,1-2H3. The van der Waals surface area contributed by atoms with Gasteiger partial charge in [0.1, 0.15) is 5.75 Å². The predicted octanol–water partition coefficient (Wildman–Crippen LogP) is 0.901. The minimum atomic E-state index is -0.0534. The molecule has 1 aromatic carbocycles. The molecule has 1 aliphatic rings. The van der Waals surface area contributed by atoms with Crippen molar-refractivity contribution in [3.63, 3.8) is 0 Å². The van der Waals surface area contributed by atoms with E-state index in [2.05, 4.69) is 5.10 Å². The van der Waals surface area contributed by atoms with Crippen LogP contribution in [0.1, 0.15) is 5.69 Å². The first kappa shape index (κ1) is 12.7. The molecular formula is C14H16N4O2. The van der Waals surface area contributed by atoms with E-state index in [0.717, 1.165) is 28.4 Å². The first-order valence-corrected chi connectivity index (χ1v) is 6.37. The molecule has 0 aliphatic carbocycles. The summed E-state index contributed by atoms with van der Waals surface area (Å²) in [5, 5.41) is 4.33. The Morgan fingerprint density at radius 2 is 2.15 bits per heavy atom. The summed E-state index contributed by atoms with van der Waals surface area (Å²) in [5.74, 6) is 0.666. The third-order valence-corrected chi connectivity index (χ3v) is 3.48. The molecule has 0 unspecified atom stereocenters. The second-order valence-electron chi connectivity index (χ2n) is 4.77. The molecule has 0 fully saturated rings. The Balaban J connectivity index is 2.07. The van der Waals surface area contributed by atoms with Crippen LogP contribution < -0.4 is 15.4 Å². The van der Waals surface area contributed by atoms with Crippen molar-refractivity contribution in [3.05, 3.63) is 30.0 Å². The van der Waals surface area contributed by atoms with E-state index >= 15 is 0 Å². The van der Waals surface area contributed by atoms with Gasteiger partial charge in [0, 0.05) is 26.2 Å². The van der Waals surface area contributed by atoms with Crippen LogP contribution in [0.4, 0.5) is 5.69 Å². The molecule has 0 saturated carbocycles. The lowest BCUT2D eigenvalue weighted by atomic mass is 10.1. The lowest BCUT2D eigenvalue weighted by Gasteiger charge is -2.26. The second kappa shape index (κ2) is 4.64. The van der Waals surface area contributed by atoms with E-state index in [1.807, 2.05) is 31.3 Å². The molecule has 0 atom stereocenters. The zero-order valence-electron chi connectivity index (χ0n) is 11.5. The van der Waals surface area contributed by atoms with E-state index in [0.29, 0.717) is 6.54 Å². The zero-order chi connectivity index (χ0) is 14.3. The number of aryl methyl sites for hydroxylation is 1. The van der Waals surface area contributed by atoms with Gasteiger partial charge >= 0.3 is 0 Å². The fourth-order valence-corrected chi connectivity index (χ4v) is 2.33. The summed E-state index contributed by atoms with van der Waals surface area (Å²) in [6.45, 7) is 0.492. The van der Waals surface area contributed by atoms with Crippen LogP contribution in [0.3, 0.4) is 0 Å². The summed E-state index contributed by atoms with van der Waals surface area (Å²) in [5.41, 5.74) is 9.15. The number of carbonyl (C=O) groups is 1. The Kier molecular flexibility index (Phi) is 2.94. The number of rotatable bonds is 2. The van der Waals surface area contributed by atoms with Gasteiger partial charge in [0.05, 0.1) is 17.1 Å². The summed E-state index contributed by atoms with van der Waals surface area (Å²) in [7, 11) is 3.63. The van der Waals surface area contributed by atoms with Crippen LogP contribution >= 0.6 is 0 Å². The van der Waals surface area contributed by atoms with Gasteiger partial charge in [-0.1, -0.05) is 0 Å². The van der Waals surface area contributed by atoms with E-state index in [9.17, 15) is 4.79 Å². The van der Waals surface area contributed by atoms with E-state index in [-0.39, 0.29) is 12.5 Å². The topological polar surface area (TPSA) is 73.4 Å². The van der Waals surface area contributed by atoms with E-state index in [4.69, 9.17) is 10.5 Å². The van der Waals surface area contributed by atoms with Crippen molar-refractivity contribution in [1.82, 2.24) is 9.78 Å². The number of nitrogens with zero attached hydrogens (tertiary/aromatic N) is 3. The molecule has 3 rings (SSSR count). The van der Waals surface area contributed by atoms with Gasteiger partial charge in [0.25, 0.3) is 5.91 Å². The predicted molar refractivity (Wildman–Crippen MR) is 75.4 cm³/mol. The van der Waals surface area contributed by atoms with Crippen LogP contribution in [0.15, 0.2) is 24.3 Å². The smallest absolute Gasteiger partial charge is 0.264 e. The number of amides is 1. The van der Waals surface area contributed by atoms with Gasteiger partial charge < -0.3 is 15.4 Å². The van der Waals surface area contributed by atoms with Crippen molar-refractivity contribution < 1.29 is 9.53 Å². The molecule has 2 N–H and O–H groups in total. The van der Waals surface area contributed by atoms with Crippen LogP contribution in [0, 0.1) is 0 Å². The SMILES string of the molecule is CN1C(=O)COc2ccc(-c3cc(CN)nn3C)cc21. The number of likely N-dealkylation sites (N-methyl/N-ethyl adjacent to an activating group) is 1. The van der Waals surface area contributed by atoms with Crippen molar-refractivity contribution in [2.75, 3.05) is 18.6 Å². The van der Waals surface area contributed by atoms with Crippen LogP contribution in [0.25, 0.3) is 11.3 Å². The number of anilines is 1. The maximum absolute atomic E-state index is 11.7. The third-order valence-electron chi connectivity index (χ3n) is 3.48. The van der Waals surface area contributed by atoms with Crippen molar-refractivity contribution >= 4 is 11.6 Å². The largest absolute Gasteiger partial charge is 0.482 e. The van der Waals surface area contributed by atoms with Gasteiger partial charge in [-0.15, -0.1) is 0 Å². The maximum Gasteiger partial charge on any atom is 0.264 e. The number of benzene rings is 1. The number of hydrogen-bond donors (Lipinski definition) is 1. The van der Waals surface area contributed by atoms with Gasteiger partial charge in [0.2, 0.25) is 0 Å². The van der Waals surface area contributed by atoms with Crippen LogP contribution in [0.5, 0.6) is 5.75 Å². The normalized spacial score (nSPS) is 14.2. The lowest BCUT2D eigenvalue weighted by Crippen LogP contribution is -2.35. The van der Waals surface area contributed by atoms with Crippen LogP contribution in [-0.2, 0) is 18.4 Å². The summed E-state index contributed by atoms with van der Waals surface area (Å²) < 4.78 is 7.21. The number of carbonyl (C=O) groups excluding carboxylic acids is 1. The molecule has 6 heteroatoms. The first-order chi connectivity index (χ1) is 9.60. The second-order valence-corrected chi connectivity index (χ2v) is 4.77. The van der Waals surface area contributed by atoms with Gasteiger partial charge in [-0.3, -0.25) is 9.48 Å². The molecular weight excluding hydrogens is 256 g/mol. The van der Waals surface area contributed by atoms with E-state index in [1.54, 1.807) is 16.6 Å². The Morgan fingerprint density at radius 1 is 1.35 bits per heavy atom. The van der Waals surface area contributed by atoms with Crippen molar-refractivity contribution in [2.45, 2.75) is 6.54 Å². The molecule has 1 aromatic heterocycles. The summed E-state index contributed by atoms with van der Waals surface area (Å²) >= 11 is 0. The zero-order valence-corrected chi connectivity index (χ0v) is 11.5. The summed E-state index contributed by atoms with van der Waals surface area (Å²) in [4.78, 5) is 13.3. The molecule has 2 heterocycles. The Labute approximate surface area is 116 Å². The Bertz CT molecular complexity index is 678. The average molecular weight is 272 g/mol. The molecule has 6 nitrogen and oxygen atoms in total. The van der Waals surface area contributed by atoms with Crippen molar-refractivity contribution in [3.8, 4) is 17.0 Å². The van der Waals surface area contributed by atoms with Gasteiger partial charge in [0.15, 0.2) is 6.61 Å². The highest BCUT2D eigenvalue weighted by atomic mass is 16.5. The summed E-state index contributed by atoms with van der Waals surface area (Å²) in [6, 6.07) is 7.72. The van der Waals surface area contributed by atoms with E-state index < -0.39 is 0 Å². The maximum atomic E-state index is 11.7. The molecule has 0 radical (unpaired) electrons. The summed E-state index contributed by atoms with van der Waals surface area (Å²) in [6.07, 6.45) is 0. The average Bonchev–Trinajstić information content (AvgIpc) is 2.84. The highest BCUT2D eigenvalue weighted by molar-refractivity contribution is 5.98. The molecule has 104 valence electrons. The molecule has 0 spiro atoms. The fourth-order valence-electron chi connectivity index (χ4n) is 2.33. The number of hydrogen-bond acceptors (Lipinski definition) is 4. The van der Waals surface area contributed by atoms with Crippen LogP contribution in [0.2, 0.25) is 0 Å². The van der Waals surface area contributed by atoms with E-state index in [1.165, 1.54) is 0 Å². The van der Waals surface area contributed by atoms with Gasteiger partial charge in [-0.25, -0.2) is 0 Å². The molecule has 0 bridgehead atoms. The lowest BCUT2D eigenvalue weighted by molar-refractivity contribution is -0.120. The molecule has 1 amide bonds. The van der Waals surface area contributed by atoms with Gasteiger partial charge in [-0.05, 0) is 24.3 Å². The molecule has 0 saturated heterocycles. The number of nitrogens with two attached hydrogens (primary N) is 1. The monoisotopic (exact) mass is 272 g/mol. The Hall–Kier alpha value is -2.34. The number of fused-ring (bicyclic) bond motifs is 1. The highest BCUT2D eigenvalue weighted by Gasteiger charge is 2.23. The van der Waals surface area contributed by atoms with Crippen LogP contribution in [-0.4, -0.2) is 29.3 Å². The molecule has 1 aliphatic heterocycles. The first-order valence-electron chi connectivity index (χ1n) is 6.37. The van der Waals surface area contributed by atoms with Gasteiger partial charge in [-0.2, -0.15) is 5.10 Å². The number of aromatic nitrogens is 2. The van der Waals surface area contributed by atoms with Crippen molar-refractivity contribution in [1.29, 1.82) is 0 Å². The van der Waals surface area contributed by atoms with Crippen molar-refractivity contribution in [2.24, 2.45) is 12.8 Å². The third kappa shape index (κ3) is 1.94. The minimum Gasteiger partial charge on any atom is -0.482 e. The minimum absolute atomic E-state index is 0.0534. The molecule has 20 heavy (non-hydrogen) atoms. The molecule has 2 aromatic rings. The highest BCUT2D eigenvalue weighted by Crippen LogP contribution is 2.35.